The lowest BCUT2D eigenvalue weighted by molar-refractivity contribution is 0.101. The third-order valence-corrected chi connectivity index (χ3v) is 3.90. The minimum atomic E-state index is -0.843. The summed E-state index contributed by atoms with van der Waals surface area (Å²) in [6.45, 7) is 1.43. The van der Waals surface area contributed by atoms with Crippen molar-refractivity contribution in [1.82, 2.24) is 10.1 Å². The van der Waals surface area contributed by atoms with Crippen LogP contribution in [0.1, 0.15) is 21.8 Å². The molecule has 0 aliphatic carbocycles. The molecule has 1 aromatic carbocycles. The highest BCUT2D eigenvalue weighted by Crippen LogP contribution is 2.22. The van der Waals surface area contributed by atoms with Crippen molar-refractivity contribution in [3.05, 3.63) is 69.7 Å². The molecule has 0 bridgehead atoms. The van der Waals surface area contributed by atoms with Gasteiger partial charge < -0.3 is 14.6 Å². The number of ether oxygens (including phenoxy) is 1. The van der Waals surface area contributed by atoms with Gasteiger partial charge in [0.15, 0.2) is 17.3 Å². The van der Waals surface area contributed by atoms with Gasteiger partial charge in [0, 0.05) is 16.7 Å². The van der Waals surface area contributed by atoms with E-state index < -0.39 is 17.5 Å². The van der Waals surface area contributed by atoms with Gasteiger partial charge in [0.05, 0.1) is 5.56 Å². The number of aryl methyl sites for hydroxylation is 1. The lowest BCUT2D eigenvalue weighted by Gasteiger charge is -2.08. The molecule has 0 atom stereocenters. The van der Waals surface area contributed by atoms with E-state index in [1.165, 1.54) is 12.3 Å². The zero-order valence-electron chi connectivity index (χ0n) is 13.4. The van der Waals surface area contributed by atoms with E-state index in [4.69, 9.17) is 9.26 Å². The fourth-order valence-electron chi connectivity index (χ4n) is 2.11. The van der Waals surface area contributed by atoms with E-state index in [1.54, 1.807) is 19.1 Å². The van der Waals surface area contributed by atoms with Gasteiger partial charge in [0.1, 0.15) is 24.0 Å². The normalized spacial score (nSPS) is 10.6. The molecule has 26 heavy (non-hydrogen) atoms. The molecule has 0 fully saturated rings. The van der Waals surface area contributed by atoms with Crippen molar-refractivity contribution in [2.45, 2.75) is 13.5 Å². The molecule has 0 spiro atoms. The van der Waals surface area contributed by atoms with Crippen LogP contribution in [0, 0.1) is 18.6 Å². The molecule has 0 aliphatic heterocycles. The number of hydrogen-bond acceptors (Lipinski definition) is 5. The smallest absolute Gasteiger partial charge is 0.279 e. The summed E-state index contributed by atoms with van der Waals surface area (Å²) in [4.78, 5) is 16.4. The number of nitrogens with one attached hydrogen (secondary N) is 1. The Hall–Kier alpha value is -2.81. The lowest BCUT2D eigenvalue weighted by atomic mass is 10.2. The highest BCUT2D eigenvalue weighted by Gasteiger charge is 2.21. The summed E-state index contributed by atoms with van der Waals surface area (Å²) in [7, 11) is 0. The van der Waals surface area contributed by atoms with E-state index in [0.717, 1.165) is 10.5 Å². The summed E-state index contributed by atoms with van der Waals surface area (Å²) < 4.78 is 37.7. The first-order chi connectivity index (χ1) is 12.4. The Morgan fingerprint density at radius 2 is 2.12 bits per heavy atom. The van der Waals surface area contributed by atoms with E-state index in [-0.39, 0.29) is 18.1 Å². The molecule has 2 heterocycles. The number of benzene rings is 1. The van der Waals surface area contributed by atoms with Crippen molar-refractivity contribution >= 4 is 27.7 Å². The molecule has 6 nitrogen and oxygen atoms in total. The topological polar surface area (TPSA) is 77.3 Å². The van der Waals surface area contributed by atoms with Crippen LogP contribution in [-0.4, -0.2) is 16.0 Å². The Morgan fingerprint density at radius 1 is 1.31 bits per heavy atom. The fourth-order valence-corrected chi connectivity index (χ4v) is 2.34. The maximum atomic E-state index is 13.7. The number of nitrogens with zero attached hydrogens (tertiary/aromatic N) is 2. The molecular weight excluding hydrogens is 412 g/mol. The molecule has 0 unspecified atom stereocenters. The molecule has 1 amide bonds. The van der Waals surface area contributed by atoms with Gasteiger partial charge >= 0.3 is 0 Å². The van der Waals surface area contributed by atoms with Gasteiger partial charge in [-0.1, -0.05) is 5.16 Å². The first kappa shape index (κ1) is 18.0. The minimum absolute atomic E-state index is 0.00487. The second-order valence-electron chi connectivity index (χ2n) is 5.25. The second kappa shape index (κ2) is 7.61. The molecule has 9 heteroatoms. The molecule has 0 aliphatic rings. The maximum Gasteiger partial charge on any atom is 0.279 e. The molecule has 1 N–H and O–H groups in total. The molecule has 3 aromatic rings. The molecule has 3 rings (SSSR count). The van der Waals surface area contributed by atoms with Crippen molar-refractivity contribution in [2.75, 3.05) is 5.32 Å². The van der Waals surface area contributed by atoms with E-state index >= 15 is 0 Å². The largest absolute Gasteiger partial charge is 0.486 e. The highest BCUT2D eigenvalue weighted by atomic mass is 79.9. The summed E-state index contributed by atoms with van der Waals surface area (Å²) in [5.41, 5.74) is 0.345. The Kier molecular flexibility index (Phi) is 5.27. The van der Waals surface area contributed by atoms with E-state index in [9.17, 15) is 13.6 Å². The quantitative estimate of drug-likeness (QED) is 0.663. The monoisotopic (exact) mass is 423 g/mol. The number of halogens is 3. The van der Waals surface area contributed by atoms with Gasteiger partial charge in [-0.05, 0) is 47.1 Å². The molecule has 134 valence electrons. The zero-order valence-corrected chi connectivity index (χ0v) is 15.0. The molecular formula is C17H12BrF2N3O3. The van der Waals surface area contributed by atoms with Crippen molar-refractivity contribution in [3.8, 4) is 5.75 Å². The average molecular weight is 424 g/mol. The molecule has 0 saturated carbocycles. The van der Waals surface area contributed by atoms with Crippen LogP contribution >= 0.6 is 15.9 Å². The van der Waals surface area contributed by atoms with Crippen molar-refractivity contribution < 1.29 is 22.8 Å². The second-order valence-corrected chi connectivity index (χ2v) is 6.16. The Balaban J connectivity index is 1.75. The molecule has 0 radical (unpaired) electrons. The van der Waals surface area contributed by atoms with Crippen molar-refractivity contribution in [1.29, 1.82) is 0 Å². The fraction of sp³-hybridized carbons (Fsp3) is 0.118. The number of pyridine rings is 1. The summed E-state index contributed by atoms with van der Waals surface area (Å²) in [6, 6.07) is 6.28. The number of aromatic nitrogens is 2. The van der Waals surface area contributed by atoms with Crippen LogP contribution in [0.15, 0.2) is 45.5 Å². The van der Waals surface area contributed by atoms with Gasteiger partial charge in [0.2, 0.25) is 0 Å². The number of hydrogen-bond donors (Lipinski definition) is 1. The molecule has 2 aromatic heterocycles. The number of anilines is 1. The standard InChI is InChI=1S/C17H12BrF2N3O3/c1-9-12(8-25-14-4-3-11(19)6-13(14)20)16(23-26-9)17(24)22-15-5-2-10(18)7-21-15/h2-7H,8H2,1H3,(H,21,22,24). The molecule has 0 saturated heterocycles. The van der Waals surface area contributed by atoms with Crippen molar-refractivity contribution in [3.63, 3.8) is 0 Å². The predicted molar refractivity (Wildman–Crippen MR) is 91.8 cm³/mol. The Labute approximate surface area is 155 Å². The van der Waals surface area contributed by atoms with Crippen LogP contribution < -0.4 is 10.1 Å². The van der Waals surface area contributed by atoms with Gasteiger partial charge in [-0.15, -0.1) is 0 Å². The number of rotatable bonds is 5. The van der Waals surface area contributed by atoms with Crippen LogP contribution in [0.5, 0.6) is 5.75 Å². The van der Waals surface area contributed by atoms with Gasteiger partial charge in [-0.3, -0.25) is 4.79 Å². The van der Waals surface area contributed by atoms with Crippen LogP contribution in [0.3, 0.4) is 0 Å². The summed E-state index contributed by atoms with van der Waals surface area (Å²) in [5, 5.41) is 6.30. The van der Waals surface area contributed by atoms with Crippen LogP contribution in [0.25, 0.3) is 0 Å². The van der Waals surface area contributed by atoms with Crippen molar-refractivity contribution in [2.24, 2.45) is 0 Å². The van der Waals surface area contributed by atoms with E-state index in [2.05, 4.69) is 31.4 Å². The SMILES string of the molecule is Cc1onc(C(=O)Nc2ccc(Br)cn2)c1COc1ccc(F)cc1F. The van der Waals surface area contributed by atoms with E-state index in [1.807, 2.05) is 0 Å². The van der Waals surface area contributed by atoms with Gasteiger partial charge in [-0.25, -0.2) is 13.8 Å². The maximum absolute atomic E-state index is 13.7. The van der Waals surface area contributed by atoms with Crippen LogP contribution in [0.2, 0.25) is 0 Å². The van der Waals surface area contributed by atoms with Gasteiger partial charge in [-0.2, -0.15) is 0 Å². The highest BCUT2D eigenvalue weighted by molar-refractivity contribution is 9.10. The van der Waals surface area contributed by atoms with Gasteiger partial charge in [0.25, 0.3) is 5.91 Å². The first-order valence-corrected chi connectivity index (χ1v) is 8.19. The summed E-state index contributed by atoms with van der Waals surface area (Å²) in [5.74, 6) is -1.57. The predicted octanol–water partition coefficient (Wildman–Crippen LogP) is 4.25. The number of amides is 1. The Bertz CT molecular complexity index is 945. The van der Waals surface area contributed by atoms with E-state index in [0.29, 0.717) is 23.2 Å². The lowest BCUT2D eigenvalue weighted by Crippen LogP contribution is -2.16. The minimum Gasteiger partial charge on any atom is -0.486 e. The third kappa shape index (κ3) is 4.05. The summed E-state index contributed by atoms with van der Waals surface area (Å²) >= 11 is 3.25. The average Bonchev–Trinajstić information content (AvgIpc) is 2.97. The summed E-state index contributed by atoms with van der Waals surface area (Å²) in [6.07, 6.45) is 1.53. The van der Waals surface area contributed by atoms with Crippen LogP contribution in [-0.2, 0) is 6.61 Å². The Morgan fingerprint density at radius 3 is 2.81 bits per heavy atom. The zero-order chi connectivity index (χ0) is 18.7. The number of carbonyl (C=O) groups is 1. The van der Waals surface area contributed by atoms with Crippen LogP contribution in [0.4, 0.5) is 14.6 Å². The number of carbonyl (C=O) groups excluding carboxylic acids is 1. The first-order valence-electron chi connectivity index (χ1n) is 7.40. The third-order valence-electron chi connectivity index (χ3n) is 3.43.